The van der Waals surface area contributed by atoms with Gasteiger partial charge in [0.15, 0.2) is 5.96 Å². The molecule has 0 bridgehead atoms. The van der Waals surface area contributed by atoms with E-state index in [0.29, 0.717) is 13.0 Å². The molecule has 5 nitrogen and oxygen atoms in total. The van der Waals surface area contributed by atoms with Crippen molar-refractivity contribution in [1.29, 1.82) is 0 Å². The highest BCUT2D eigenvalue weighted by atomic mass is 127. The molecule has 1 aromatic rings. The van der Waals surface area contributed by atoms with Crippen molar-refractivity contribution in [3.05, 3.63) is 35.9 Å². The van der Waals surface area contributed by atoms with Crippen LogP contribution < -0.4 is 10.6 Å². The second-order valence-corrected chi connectivity index (χ2v) is 7.72. The molecular formula is C16H28IN3O2S. The minimum absolute atomic E-state index is 0. The van der Waals surface area contributed by atoms with E-state index in [9.17, 15) is 8.42 Å². The zero-order chi connectivity index (χ0) is 16.4. The molecule has 0 aliphatic heterocycles. The molecule has 23 heavy (non-hydrogen) atoms. The van der Waals surface area contributed by atoms with Gasteiger partial charge in [-0.05, 0) is 32.3 Å². The molecule has 0 fully saturated rings. The van der Waals surface area contributed by atoms with Crippen LogP contribution in [0.2, 0.25) is 0 Å². The van der Waals surface area contributed by atoms with E-state index in [4.69, 9.17) is 0 Å². The maximum atomic E-state index is 11.2. The van der Waals surface area contributed by atoms with Gasteiger partial charge in [-0.3, -0.25) is 4.99 Å². The second-order valence-electron chi connectivity index (χ2n) is 5.46. The van der Waals surface area contributed by atoms with Crippen LogP contribution in [0.15, 0.2) is 35.3 Å². The fourth-order valence-electron chi connectivity index (χ4n) is 1.96. The highest BCUT2D eigenvalue weighted by molar-refractivity contribution is 14.0. The van der Waals surface area contributed by atoms with Gasteiger partial charge in [-0.15, -0.1) is 24.0 Å². The van der Waals surface area contributed by atoms with E-state index in [2.05, 4.69) is 27.8 Å². The third-order valence-corrected chi connectivity index (χ3v) is 4.14. The van der Waals surface area contributed by atoms with E-state index in [0.717, 1.165) is 18.9 Å². The van der Waals surface area contributed by atoms with E-state index in [1.807, 2.05) is 32.0 Å². The quantitative estimate of drug-likeness (QED) is 0.360. The van der Waals surface area contributed by atoms with Crippen molar-refractivity contribution in [2.75, 3.05) is 25.1 Å². The lowest BCUT2D eigenvalue weighted by Gasteiger charge is -2.17. The molecule has 1 atom stereocenters. The van der Waals surface area contributed by atoms with E-state index < -0.39 is 9.84 Å². The van der Waals surface area contributed by atoms with Gasteiger partial charge in [0.2, 0.25) is 0 Å². The van der Waals surface area contributed by atoms with Crippen LogP contribution in [0, 0.1) is 0 Å². The highest BCUT2D eigenvalue weighted by Gasteiger charge is 2.09. The minimum atomic E-state index is -2.92. The predicted octanol–water partition coefficient (Wildman–Crippen LogP) is 2.23. The number of halogens is 1. The van der Waals surface area contributed by atoms with Gasteiger partial charge in [0, 0.05) is 25.4 Å². The van der Waals surface area contributed by atoms with Crippen LogP contribution in [0.4, 0.5) is 0 Å². The number of benzene rings is 1. The number of guanidine groups is 1. The Labute approximate surface area is 157 Å². The molecule has 1 unspecified atom stereocenters. The number of hydrogen-bond donors (Lipinski definition) is 2. The van der Waals surface area contributed by atoms with Gasteiger partial charge < -0.3 is 10.6 Å². The normalized spacial score (nSPS) is 13.1. The van der Waals surface area contributed by atoms with Gasteiger partial charge >= 0.3 is 0 Å². The van der Waals surface area contributed by atoms with E-state index in [-0.39, 0.29) is 35.8 Å². The lowest BCUT2D eigenvalue weighted by atomic mass is 10.2. The molecule has 1 rings (SSSR count). The molecule has 0 radical (unpaired) electrons. The Balaban J connectivity index is 0.00000484. The first kappa shape index (κ1) is 22.2. The number of hydrogen-bond acceptors (Lipinski definition) is 3. The van der Waals surface area contributed by atoms with E-state index >= 15 is 0 Å². The van der Waals surface area contributed by atoms with Crippen molar-refractivity contribution in [2.45, 2.75) is 32.7 Å². The summed E-state index contributed by atoms with van der Waals surface area (Å²) in [6.45, 7) is 5.44. The van der Waals surface area contributed by atoms with Crippen molar-refractivity contribution in [1.82, 2.24) is 10.6 Å². The van der Waals surface area contributed by atoms with Crippen LogP contribution in [-0.2, 0) is 16.3 Å². The molecule has 1 aromatic carbocycles. The minimum Gasteiger partial charge on any atom is -0.357 e. The number of nitrogens with one attached hydrogen (secondary N) is 2. The fraction of sp³-hybridized carbons (Fsp3) is 0.562. The standard InChI is InChI=1S/C16H27N3O2S.HI/c1-4-17-16(19-14(2)11-13-22(3,20)21)18-12-10-15-8-6-5-7-9-15;/h5-9,14H,4,10-13H2,1-3H3,(H2,17,18,19);1H. The molecule has 2 N–H and O–H groups in total. The summed E-state index contributed by atoms with van der Waals surface area (Å²) in [5, 5.41) is 6.44. The Morgan fingerprint density at radius 1 is 1.26 bits per heavy atom. The van der Waals surface area contributed by atoms with Gasteiger partial charge in [0.25, 0.3) is 0 Å². The molecule has 132 valence electrons. The third kappa shape index (κ3) is 11.4. The average molecular weight is 453 g/mol. The summed E-state index contributed by atoms with van der Waals surface area (Å²) in [4.78, 5) is 4.54. The van der Waals surface area contributed by atoms with Crippen LogP contribution in [-0.4, -0.2) is 45.5 Å². The maximum absolute atomic E-state index is 11.2. The summed E-state index contributed by atoms with van der Waals surface area (Å²) in [5.41, 5.74) is 1.26. The Morgan fingerprint density at radius 3 is 2.48 bits per heavy atom. The Hall–Kier alpha value is -0.830. The molecule has 0 amide bonds. The Bertz CT molecular complexity index is 562. The van der Waals surface area contributed by atoms with Crippen molar-refractivity contribution >= 4 is 39.8 Å². The molecule has 7 heteroatoms. The Morgan fingerprint density at radius 2 is 1.91 bits per heavy atom. The summed E-state index contributed by atoms with van der Waals surface area (Å²) in [5.74, 6) is 0.921. The first-order valence-electron chi connectivity index (χ1n) is 7.67. The number of nitrogens with zero attached hydrogens (tertiary/aromatic N) is 1. The van der Waals surface area contributed by atoms with E-state index in [1.54, 1.807) is 0 Å². The summed E-state index contributed by atoms with van der Waals surface area (Å²) in [7, 11) is -2.92. The topological polar surface area (TPSA) is 70.6 Å². The maximum Gasteiger partial charge on any atom is 0.191 e. The van der Waals surface area contributed by atoms with Crippen molar-refractivity contribution in [2.24, 2.45) is 4.99 Å². The zero-order valence-corrected chi connectivity index (χ0v) is 17.2. The van der Waals surface area contributed by atoms with Gasteiger partial charge in [-0.2, -0.15) is 0 Å². The predicted molar refractivity (Wildman–Crippen MR) is 108 cm³/mol. The van der Waals surface area contributed by atoms with Crippen LogP contribution in [0.3, 0.4) is 0 Å². The third-order valence-electron chi connectivity index (χ3n) is 3.16. The number of sulfone groups is 1. The van der Waals surface area contributed by atoms with Crippen molar-refractivity contribution in [3.8, 4) is 0 Å². The SMILES string of the molecule is CCNC(=NCCc1ccccc1)NC(C)CCS(C)(=O)=O.I. The van der Waals surface area contributed by atoms with Crippen molar-refractivity contribution < 1.29 is 8.42 Å². The first-order valence-corrected chi connectivity index (χ1v) is 9.73. The summed E-state index contributed by atoms with van der Waals surface area (Å²) in [6.07, 6.45) is 2.72. The molecule has 0 aliphatic carbocycles. The van der Waals surface area contributed by atoms with Crippen LogP contribution in [0.5, 0.6) is 0 Å². The largest absolute Gasteiger partial charge is 0.357 e. The lowest BCUT2D eigenvalue weighted by molar-refractivity contribution is 0.581. The van der Waals surface area contributed by atoms with Gasteiger partial charge in [0.05, 0.1) is 5.75 Å². The number of aliphatic imine (C=N–C) groups is 1. The van der Waals surface area contributed by atoms with Crippen molar-refractivity contribution in [3.63, 3.8) is 0 Å². The smallest absolute Gasteiger partial charge is 0.191 e. The molecule has 0 aliphatic rings. The fourth-order valence-corrected chi connectivity index (χ4v) is 2.74. The van der Waals surface area contributed by atoms with Crippen LogP contribution >= 0.6 is 24.0 Å². The summed E-state index contributed by atoms with van der Waals surface area (Å²) >= 11 is 0. The zero-order valence-electron chi connectivity index (χ0n) is 14.1. The molecule has 0 heterocycles. The molecular weight excluding hydrogens is 425 g/mol. The second kappa shape index (κ2) is 11.7. The molecule has 0 spiro atoms. The van der Waals surface area contributed by atoms with Gasteiger partial charge in [0.1, 0.15) is 9.84 Å². The van der Waals surface area contributed by atoms with Crippen LogP contribution in [0.1, 0.15) is 25.8 Å². The molecule has 0 saturated heterocycles. The van der Waals surface area contributed by atoms with Gasteiger partial charge in [-0.25, -0.2) is 8.42 Å². The summed E-state index contributed by atoms with van der Waals surface area (Å²) < 4.78 is 22.4. The summed E-state index contributed by atoms with van der Waals surface area (Å²) in [6, 6.07) is 10.3. The highest BCUT2D eigenvalue weighted by Crippen LogP contribution is 2.00. The Kier molecular flexibility index (Phi) is 11.2. The average Bonchev–Trinajstić information content (AvgIpc) is 2.46. The number of rotatable bonds is 8. The lowest BCUT2D eigenvalue weighted by Crippen LogP contribution is -2.43. The molecule has 0 aromatic heterocycles. The first-order chi connectivity index (χ1) is 10.4. The van der Waals surface area contributed by atoms with Gasteiger partial charge in [-0.1, -0.05) is 30.3 Å². The van der Waals surface area contributed by atoms with E-state index in [1.165, 1.54) is 11.8 Å². The van der Waals surface area contributed by atoms with Crippen LogP contribution in [0.25, 0.3) is 0 Å². The molecule has 0 saturated carbocycles. The monoisotopic (exact) mass is 453 g/mol.